The van der Waals surface area contributed by atoms with E-state index in [-0.39, 0.29) is 23.1 Å². The zero-order valence-electron chi connectivity index (χ0n) is 6.20. The second-order valence-corrected chi connectivity index (χ2v) is 5.48. The molecule has 0 aromatic heterocycles. The van der Waals surface area contributed by atoms with E-state index in [9.17, 15) is 9.13 Å². The molecule has 0 aliphatic carbocycles. The first kappa shape index (κ1) is 21.4. The van der Waals surface area contributed by atoms with E-state index in [2.05, 4.69) is 4.31 Å². The van der Waals surface area contributed by atoms with Crippen LogP contribution in [-0.4, -0.2) is 70.9 Å². The van der Waals surface area contributed by atoms with Crippen LogP contribution in [0.2, 0.25) is 0 Å². The van der Waals surface area contributed by atoms with E-state index < -0.39 is 24.7 Å². The number of rotatable bonds is 2. The molecule has 11 nitrogen and oxygen atoms in total. The number of hydrogen-bond acceptors (Lipinski definition) is 7. The molecule has 0 aromatic rings. The van der Waals surface area contributed by atoms with Gasteiger partial charge in [-0.05, 0) is 0 Å². The van der Waals surface area contributed by atoms with Crippen molar-refractivity contribution in [3.8, 4) is 0 Å². The molecule has 0 unspecified atom stereocenters. The van der Waals surface area contributed by atoms with Crippen molar-refractivity contribution >= 4 is 47.7 Å². The predicted octanol–water partition coefficient (Wildman–Crippen LogP) is -4.34. The maximum absolute atomic E-state index is 9.63. The van der Waals surface area contributed by atoms with Gasteiger partial charge in [0.2, 0.25) is 0 Å². The fourth-order valence-electron chi connectivity index (χ4n) is 0.139. The molecule has 15 heteroatoms. The molecule has 0 spiro atoms. The van der Waals surface area contributed by atoms with Gasteiger partial charge in [-0.1, -0.05) is 0 Å². The Bertz CT molecular complexity index is 216. The van der Waals surface area contributed by atoms with Crippen LogP contribution < -0.4 is 0 Å². The van der Waals surface area contributed by atoms with Crippen LogP contribution in [0.4, 0.5) is 0 Å². The summed E-state index contributed by atoms with van der Waals surface area (Å²) in [5.74, 6) is 0. The molecular weight excluding hydrogens is 290 g/mol. The van der Waals surface area contributed by atoms with E-state index in [0.717, 1.165) is 0 Å². The van der Waals surface area contributed by atoms with Gasteiger partial charge in [-0.15, -0.1) is 0 Å². The Hall–Kier alpha value is 1.08. The molecule has 0 aliphatic heterocycles. The fourth-order valence-corrected chi connectivity index (χ4v) is 1.25. The lowest BCUT2D eigenvalue weighted by Crippen LogP contribution is -2.33. The summed E-state index contributed by atoms with van der Waals surface area (Å²) in [7, 11) is -14.7. The Labute approximate surface area is 100 Å². The van der Waals surface area contributed by atoms with Crippen molar-refractivity contribution in [1.29, 1.82) is 0 Å². The number of hydrogen-bond donors (Lipinski definition) is 8. The van der Waals surface area contributed by atoms with Crippen molar-refractivity contribution in [2.75, 3.05) is 0 Å². The van der Waals surface area contributed by atoms with Crippen LogP contribution in [-0.2, 0) is 13.4 Å². The SMILES string of the molecule is O=P(O)(O)OP(=O)(O)O.O[Si](O)(O)O.[MgH2]. The Morgan fingerprint density at radius 1 is 0.800 bits per heavy atom. The fraction of sp³-hybridized carbons (Fsp3) is 0. The van der Waals surface area contributed by atoms with E-state index in [1.807, 2.05) is 0 Å². The molecule has 0 atom stereocenters. The maximum Gasteiger partial charge on any atom is 0.668 e. The van der Waals surface area contributed by atoms with E-state index in [0.29, 0.717) is 0 Å². The molecule has 0 aliphatic rings. The zero-order valence-corrected chi connectivity index (χ0v) is 8.99. The molecule has 0 radical (unpaired) electrons. The van der Waals surface area contributed by atoms with Crippen LogP contribution in [0.25, 0.3) is 0 Å². The largest absolute Gasteiger partial charge is 0.668 e. The molecular formula is H10MgO11P2Si. The third-order valence-corrected chi connectivity index (χ3v) is 1.91. The number of phosphoric acid groups is 2. The van der Waals surface area contributed by atoms with Crippen LogP contribution >= 0.6 is 15.6 Å². The van der Waals surface area contributed by atoms with E-state index in [1.54, 1.807) is 0 Å². The molecule has 0 fully saturated rings. The standard InChI is InChI=1S/Mg.H4O7P2.H4O4Si.2H/c;1-8(2,3)7-9(4,5)6;1-5(2,3)4;;/h;(H2,1,2,3)(H2,4,5,6);1-4H;;. The lowest BCUT2D eigenvalue weighted by atomic mass is 15.7. The zero-order chi connectivity index (χ0) is 12.2. The molecule has 0 heterocycles. The highest BCUT2D eigenvalue weighted by molar-refractivity contribution is 7.60. The summed E-state index contributed by atoms with van der Waals surface area (Å²) < 4.78 is 22.2. The van der Waals surface area contributed by atoms with Crippen molar-refractivity contribution < 1.29 is 52.2 Å². The van der Waals surface area contributed by atoms with Gasteiger partial charge in [-0.25, -0.2) is 9.13 Å². The van der Waals surface area contributed by atoms with Gasteiger partial charge < -0.3 is 38.8 Å². The van der Waals surface area contributed by atoms with Gasteiger partial charge in [0.25, 0.3) is 0 Å². The highest BCUT2D eigenvalue weighted by atomic mass is 31.3. The van der Waals surface area contributed by atoms with Gasteiger partial charge in [-0.3, -0.25) is 0 Å². The molecule has 92 valence electrons. The van der Waals surface area contributed by atoms with E-state index >= 15 is 0 Å². The average molecular weight is 300 g/mol. The second-order valence-electron chi connectivity index (χ2n) is 1.66. The van der Waals surface area contributed by atoms with Gasteiger partial charge in [-0.2, -0.15) is 4.31 Å². The summed E-state index contributed by atoms with van der Waals surface area (Å²) in [6, 6.07) is 0. The second kappa shape index (κ2) is 7.42. The molecule has 8 N–H and O–H groups in total. The highest BCUT2D eigenvalue weighted by Gasteiger charge is 2.27. The van der Waals surface area contributed by atoms with Gasteiger partial charge in [0.1, 0.15) is 0 Å². The van der Waals surface area contributed by atoms with Crippen LogP contribution in [0, 0.1) is 0 Å². The average Bonchev–Trinajstić information content (AvgIpc) is 1.42. The van der Waals surface area contributed by atoms with Gasteiger partial charge >= 0.3 is 47.7 Å². The summed E-state index contributed by atoms with van der Waals surface area (Å²) >= 11 is 0. The summed E-state index contributed by atoms with van der Waals surface area (Å²) in [6.45, 7) is 0. The minimum atomic E-state index is -5.05. The Morgan fingerprint density at radius 2 is 0.933 bits per heavy atom. The van der Waals surface area contributed by atoms with Crippen molar-refractivity contribution in [2.24, 2.45) is 0 Å². The smallest absolute Gasteiger partial charge is 0.368 e. The van der Waals surface area contributed by atoms with Crippen LogP contribution in [0.3, 0.4) is 0 Å². The molecule has 0 aromatic carbocycles. The normalized spacial score (nSPS) is 12.3. The van der Waals surface area contributed by atoms with Gasteiger partial charge in [0, 0.05) is 0 Å². The summed E-state index contributed by atoms with van der Waals surface area (Å²) in [4.78, 5) is 60.3. The molecule has 0 saturated carbocycles. The lowest BCUT2D eigenvalue weighted by molar-refractivity contribution is 0.117. The van der Waals surface area contributed by atoms with Crippen LogP contribution in [0.5, 0.6) is 0 Å². The summed E-state index contributed by atoms with van der Waals surface area (Å²) in [6.07, 6.45) is 0. The van der Waals surface area contributed by atoms with E-state index in [1.165, 1.54) is 0 Å². The minimum Gasteiger partial charge on any atom is -0.368 e. The summed E-state index contributed by atoms with van der Waals surface area (Å²) in [5.41, 5.74) is 0. The third-order valence-electron chi connectivity index (χ3n) is 0.213. The Morgan fingerprint density at radius 3 is 0.933 bits per heavy atom. The molecule has 0 amide bonds. The topological polar surface area (TPSA) is 205 Å². The summed E-state index contributed by atoms with van der Waals surface area (Å²) in [5, 5.41) is 0. The maximum atomic E-state index is 9.63. The first-order valence-corrected chi connectivity index (χ1v) is 7.27. The van der Waals surface area contributed by atoms with Gasteiger partial charge in [0.05, 0.1) is 0 Å². The highest BCUT2D eigenvalue weighted by Crippen LogP contribution is 2.53. The quantitative estimate of drug-likeness (QED) is 0.181. The molecule has 15 heavy (non-hydrogen) atoms. The van der Waals surface area contributed by atoms with Crippen LogP contribution in [0.1, 0.15) is 0 Å². The third kappa shape index (κ3) is 51.5. The van der Waals surface area contributed by atoms with Gasteiger partial charge in [0.15, 0.2) is 0 Å². The van der Waals surface area contributed by atoms with Crippen molar-refractivity contribution in [3.05, 3.63) is 0 Å². The first-order chi connectivity index (χ1) is 5.71. The van der Waals surface area contributed by atoms with E-state index in [4.69, 9.17) is 38.8 Å². The minimum absolute atomic E-state index is 0. The molecule has 0 rings (SSSR count). The van der Waals surface area contributed by atoms with Crippen molar-refractivity contribution in [3.63, 3.8) is 0 Å². The van der Waals surface area contributed by atoms with Crippen molar-refractivity contribution in [2.45, 2.75) is 0 Å². The van der Waals surface area contributed by atoms with Crippen molar-refractivity contribution in [1.82, 2.24) is 0 Å². The lowest BCUT2D eigenvalue weighted by Gasteiger charge is -2.03. The predicted molar refractivity (Wildman–Crippen MR) is 48.3 cm³/mol. The monoisotopic (exact) mass is 300 g/mol. The molecule has 0 bridgehead atoms. The van der Waals surface area contributed by atoms with Crippen LogP contribution in [0.15, 0.2) is 0 Å². The Kier molecular flexibility index (Phi) is 10.6. The molecule has 0 saturated heterocycles. The Balaban J connectivity index is -0.000000208. The first-order valence-electron chi connectivity index (χ1n) is 2.42.